The van der Waals surface area contributed by atoms with Crippen LogP contribution in [0.25, 0.3) is 5.69 Å². The van der Waals surface area contributed by atoms with Gasteiger partial charge < -0.3 is 0 Å². The van der Waals surface area contributed by atoms with Gasteiger partial charge in [-0.15, -0.1) is 10.6 Å². The number of hydrazine groups is 2. The summed E-state index contributed by atoms with van der Waals surface area (Å²) >= 11 is 10.1. The summed E-state index contributed by atoms with van der Waals surface area (Å²) in [6.07, 6.45) is 1.72. The molecule has 126 valence electrons. The van der Waals surface area contributed by atoms with Crippen LogP contribution in [0.1, 0.15) is 11.1 Å². The Bertz CT molecular complexity index is 924. The molecule has 0 radical (unpaired) electrons. The maximum atomic E-state index is 6.60. The van der Waals surface area contributed by atoms with Crippen molar-refractivity contribution in [1.82, 2.24) is 25.9 Å². The van der Waals surface area contributed by atoms with Crippen LogP contribution in [-0.4, -0.2) is 20.6 Å². The van der Waals surface area contributed by atoms with Crippen molar-refractivity contribution in [1.29, 1.82) is 0 Å². The Hall–Kier alpha value is -2.35. The molecular formula is C17H14BrClN6. The molecule has 0 saturated heterocycles. The second-order valence-electron chi connectivity index (χ2n) is 5.44. The normalized spacial score (nSPS) is 13.7. The molecule has 2 heterocycles. The van der Waals surface area contributed by atoms with E-state index >= 15 is 0 Å². The van der Waals surface area contributed by atoms with Crippen molar-refractivity contribution in [2.24, 2.45) is 5.10 Å². The first-order valence-corrected chi connectivity index (χ1v) is 8.80. The summed E-state index contributed by atoms with van der Waals surface area (Å²) in [6, 6.07) is 17.9. The lowest BCUT2D eigenvalue weighted by atomic mass is 10.2. The van der Waals surface area contributed by atoms with Crippen LogP contribution in [0.3, 0.4) is 0 Å². The predicted molar refractivity (Wildman–Crippen MR) is 101 cm³/mol. The summed E-state index contributed by atoms with van der Waals surface area (Å²) in [5.74, 6) is 0.687. The molecule has 0 fully saturated rings. The molecule has 3 aromatic rings. The zero-order valence-corrected chi connectivity index (χ0v) is 15.4. The van der Waals surface area contributed by atoms with E-state index in [9.17, 15) is 0 Å². The molecule has 0 unspecified atom stereocenters. The lowest BCUT2D eigenvalue weighted by Crippen LogP contribution is -2.40. The Morgan fingerprint density at radius 2 is 1.80 bits per heavy atom. The molecule has 1 aromatic heterocycles. The van der Waals surface area contributed by atoms with E-state index in [2.05, 4.69) is 49.3 Å². The molecule has 2 aromatic carbocycles. The van der Waals surface area contributed by atoms with Gasteiger partial charge in [0.2, 0.25) is 0 Å². The van der Waals surface area contributed by atoms with E-state index in [-0.39, 0.29) is 0 Å². The average molecular weight is 418 g/mol. The molecule has 25 heavy (non-hydrogen) atoms. The van der Waals surface area contributed by atoms with Gasteiger partial charge in [0.25, 0.3) is 0 Å². The van der Waals surface area contributed by atoms with Gasteiger partial charge in [-0.2, -0.15) is 5.10 Å². The standard InChI is InChI=1S/C17H14BrClN6/c18-14-8-4-5-9-15(14)25-16(19)13(10-20-25)17-21-22-23-24(17)11-12-6-2-1-3-7-12/h1-10,22-23H,11H2. The van der Waals surface area contributed by atoms with Crippen LogP contribution in [0.4, 0.5) is 0 Å². The van der Waals surface area contributed by atoms with Crippen LogP contribution in [-0.2, 0) is 6.54 Å². The molecule has 4 rings (SSSR count). The number of amidine groups is 1. The molecule has 0 bridgehead atoms. The predicted octanol–water partition coefficient (Wildman–Crippen LogP) is 3.47. The highest BCUT2D eigenvalue weighted by Gasteiger charge is 2.24. The average Bonchev–Trinajstić information content (AvgIpc) is 3.23. The first-order valence-electron chi connectivity index (χ1n) is 7.62. The lowest BCUT2D eigenvalue weighted by Gasteiger charge is -2.18. The fourth-order valence-electron chi connectivity index (χ4n) is 2.61. The topological polar surface area (TPSA) is 57.5 Å². The summed E-state index contributed by atoms with van der Waals surface area (Å²) in [5.41, 5.74) is 8.57. The van der Waals surface area contributed by atoms with E-state index in [1.807, 2.05) is 47.5 Å². The van der Waals surface area contributed by atoms with Gasteiger partial charge in [0.05, 0.1) is 24.0 Å². The summed E-state index contributed by atoms with van der Waals surface area (Å²) in [5, 5.41) is 11.1. The van der Waals surface area contributed by atoms with Crippen molar-refractivity contribution in [3.05, 3.63) is 81.5 Å². The lowest BCUT2D eigenvalue weighted by molar-refractivity contribution is 0.288. The molecule has 1 aliphatic rings. The van der Waals surface area contributed by atoms with Gasteiger partial charge in [-0.25, -0.2) is 10.2 Å². The minimum Gasteiger partial charge on any atom is -0.266 e. The number of nitrogens with zero attached hydrogens (tertiary/aromatic N) is 4. The number of para-hydroxylation sites is 1. The largest absolute Gasteiger partial charge is 0.266 e. The van der Waals surface area contributed by atoms with E-state index in [1.165, 1.54) is 0 Å². The van der Waals surface area contributed by atoms with Crippen molar-refractivity contribution in [2.45, 2.75) is 6.54 Å². The first-order chi connectivity index (χ1) is 12.2. The highest BCUT2D eigenvalue weighted by molar-refractivity contribution is 9.10. The van der Waals surface area contributed by atoms with Gasteiger partial charge in [-0.3, -0.25) is 5.01 Å². The number of hydrazone groups is 1. The Kier molecular flexibility index (Phi) is 4.44. The Labute approximate surface area is 158 Å². The molecule has 1 aliphatic heterocycles. The Morgan fingerprint density at radius 3 is 2.60 bits per heavy atom. The number of halogens is 2. The van der Waals surface area contributed by atoms with Gasteiger partial charge in [-0.1, -0.05) is 54.1 Å². The summed E-state index contributed by atoms with van der Waals surface area (Å²) in [7, 11) is 0. The first kappa shape index (κ1) is 16.1. The summed E-state index contributed by atoms with van der Waals surface area (Å²) in [6.45, 7) is 0.642. The second-order valence-corrected chi connectivity index (χ2v) is 6.66. The molecule has 0 amide bonds. The number of benzene rings is 2. The third-order valence-electron chi connectivity index (χ3n) is 3.82. The molecule has 0 spiro atoms. The molecule has 6 nitrogen and oxygen atoms in total. The number of rotatable bonds is 4. The Morgan fingerprint density at radius 1 is 1.04 bits per heavy atom. The zero-order chi connectivity index (χ0) is 17.2. The summed E-state index contributed by atoms with van der Waals surface area (Å²) in [4.78, 5) is 0. The van der Waals surface area contributed by atoms with E-state index in [1.54, 1.807) is 10.9 Å². The monoisotopic (exact) mass is 416 g/mol. The molecule has 8 heteroatoms. The number of hydrogen-bond acceptors (Lipinski definition) is 5. The maximum absolute atomic E-state index is 6.60. The van der Waals surface area contributed by atoms with Gasteiger partial charge >= 0.3 is 0 Å². The van der Waals surface area contributed by atoms with Crippen LogP contribution >= 0.6 is 27.5 Å². The molecule has 0 atom stereocenters. The second kappa shape index (κ2) is 6.87. The van der Waals surface area contributed by atoms with E-state index in [4.69, 9.17) is 11.6 Å². The van der Waals surface area contributed by atoms with Gasteiger partial charge in [0.15, 0.2) is 5.84 Å². The van der Waals surface area contributed by atoms with Crippen LogP contribution in [0.15, 0.2) is 70.4 Å². The van der Waals surface area contributed by atoms with Crippen LogP contribution < -0.4 is 11.1 Å². The minimum absolute atomic E-state index is 0.495. The number of aromatic nitrogens is 2. The van der Waals surface area contributed by atoms with Crippen LogP contribution in [0, 0.1) is 0 Å². The van der Waals surface area contributed by atoms with E-state index < -0.39 is 0 Å². The SMILES string of the molecule is Clc1c(C2=NNNN2Cc2ccccc2)cnn1-c1ccccc1Br. The van der Waals surface area contributed by atoms with Crippen molar-refractivity contribution < 1.29 is 0 Å². The quantitative estimate of drug-likeness (QED) is 0.682. The maximum Gasteiger partial charge on any atom is 0.178 e. The Balaban J connectivity index is 1.65. The molecular weight excluding hydrogens is 404 g/mol. The minimum atomic E-state index is 0.495. The van der Waals surface area contributed by atoms with Crippen LogP contribution in [0.5, 0.6) is 0 Å². The highest BCUT2D eigenvalue weighted by Crippen LogP contribution is 2.27. The highest BCUT2D eigenvalue weighted by atomic mass is 79.9. The van der Waals surface area contributed by atoms with Crippen molar-refractivity contribution in [3.8, 4) is 5.69 Å². The van der Waals surface area contributed by atoms with Crippen LogP contribution in [0.2, 0.25) is 5.15 Å². The third-order valence-corrected chi connectivity index (χ3v) is 4.85. The molecule has 0 aliphatic carbocycles. The smallest absolute Gasteiger partial charge is 0.178 e. The zero-order valence-electron chi connectivity index (χ0n) is 13.0. The third kappa shape index (κ3) is 3.13. The van der Waals surface area contributed by atoms with Gasteiger partial charge in [0, 0.05) is 4.47 Å². The van der Waals surface area contributed by atoms with Crippen molar-refractivity contribution in [2.75, 3.05) is 0 Å². The fraction of sp³-hybridized carbons (Fsp3) is 0.0588. The van der Waals surface area contributed by atoms with Gasteiger partial charge in [-0.05, 0) is 33.6 Å². The van der Waals surface area contributed by atoms with E-state index in [0.29, 0.717) is 17.5 Å². The van der Waals surface area contributed by atoms with Gasteiger partial charge in [0.1, 0.15) is 5.15 Å². The van der Waals surface area contributed by atoms with Crippen molar-refractivity contribution >= 4 is 33.4 Å². The van der Waals surface area contributed by atoms with E-state index in [0.717, 1.165) is 21.3 Å². The molecule has 2 N–H and O–H groups in total. The molecule has 0 saturated carbocycles. The fourth-order valence-corrected chi connectivity index (χ4v) is 3.33. The number of nitrogens with one attached hydrogen (secondary N) is 2. The summed E-state index contributed by atoms with van der Waals surface area (Å²) < 4.78 is 2.60. The van der Waals surface area contributed by atoms with Crippen molar-refractivity contribution in [3.63, 3.8) is 0 Å². The number of hydrogen-bond donors (Lipinski definition) is 2.